The Kier molecular flexibility index (Phi) is 5.36. The van der Waals surface area contributed by atoms with Gasteiger partial charge >= 0.3 is 6.03 Å². The fraction of sp³-hybridized carbons (Fsp3) is 0.417. The van der Waals surface area contributed by atoms with E-state index >= 15 is 0 Å². The van der Waals surface area contributed by atoms with E-state index in [0.717, 1.165) is 12.1 Å². The fourth-order valence-corrected chi connectivity index (χ4v) is 1.33. The van der Waals surface area contributed by atoms with Gasteiger partial charge in [-0.1, -0.05) is 19.1 Å². The zero-order valence-electron chi connectivity index (χ0n) is 9.49. The molecule has 16 heavy (non-hydrogen) atoms. The van der Waals surface area contributed by atoms with Gasteiger partial charge in [0.25, 0.3) is 0 Å². The summed E-state index contributed by atoms with van der Waals surface area (Å²) in [6.07, 6.45) is 1.52. The third kappa shape index (κ3) is 4.31. The minimum Gasteiger partial charge on any atom is -0.396 e. The van der Waals surface area contributed by atoms with Gasteiger partial charge in [0.15, 0.2) is 0 Å². The number of nitrogens with one attached hydrogen (secondary N) is 2. The monoisotopic (exact) mass is 222 g/mol. The predicted octanol–water partition coefficient (Wildman–Crippen LogP) is 1.75. The van der Waals surface area contributed by atoms with Gasteiger partial charge in [0.05, 0.1) is 0 Å². The Balaban J connectivity index is 2.43. The van der Waals surface area contributed by atoms with E-state index in [4.69, 9.17) is 5.11 Å². The number of rotatable bonds is 5. The Bertz CT molecular complexity index is 340. The molecule has 0 aliphatic heterocycles. The first-order chi connectivity index (χ1) is 7.76. The fourth-order valence-electron chi connectivity index (χ4n) is 1.33. The van der Waals surface area contributed by atoms with Crippen LogP contribution in [0, 0.1) is 0 Å². The Morgan fingerprint density at radius 2 is 2.25 bits per heavy atom. The molecule has 0 aliphatic carbocycles. The molecule has 0 atom stereocenters. The number of hydrogen-bond acceptors (Lipinski definition) is 2. The molecule has 0 fully saturated rings. The standard InChI is InChI=1S/C12H18N2O2/c1-2-10-5-3-6-11(9-10)14-12(16)13-7-4-8-15/h3,5-6,9,15H,2,4,7-8H2,1H3,(H2,13,14,16). The molecule has 0 heterocycles. The first-order valence-corrected chi connectivity index (χ1v) is 5.51. The van der Waals surface area contributed by atoms with E-state index in [-0.39, 0.29) is 12.6 Å². The van der Waals surface area contributed by atoms with Crippen LogP contribution in [0.4, 0.5) is 10.5 Å². The number of urea groups is 1. The Morgan fingerprint density at radius 3 is 2.94 bits per heavy atom. The largest absolute Gasteiger partial charge is 0.396 e. The van der Waals surface area contributed by atoms with Crippen LogP contribution in [-0.2, 0) is 6.42 Å². The highest BCUT2D eigenvalue weighted by molar-refractivity contribution is 5.89. The predicted molar refractivity (Wildman–Crippen MR) is 64.5 cm³/mol. The molecule has 0 bridgehead atoms. The number of benzene rings is 1. The highest BCUT2D eigenvalue weighted by Crippen LogP contribution is 2.10. The van der Waals surface area contributed by atoms with Crippen LogP contribution >= 0.6 is 0 Å². The SMILES string of the molecule is CCc1cccc(NC(=O)NCCCO)c1. The van der Waals surface area contributed by atoms with Gasteiger partial charge in [-0.05, 0) is 30.5 Å². The van der Waals surface area contributed by atoms with E-state index in [1.165, 1.54) is 5.56 Å². The van der Waals surface area contributed by atoms with Gasteiger partial charge in [-0.2, -0.15) is 0 Å². The molecule has 0 spiro atoms. The zero-order chi connectivity index (χ0) is 11.8. The smallest absolute Gasteiger partial charge is 0.319 e. The van der Waals surface area contributed by atoms with Gasteiger partial charge < -0.3 is 15.7 Å². The van der Waals surface area contributed by atoms with Gasteiger partial charge in [0, 0.05) is 18.8 Å². The Morgan fingerprint density at radius 1 is 1.44 bits per heavy atom. The van der Waals surface area contributed by atoms with Crippen molar-refractivity contribution in [1.29, 1.82) is 0 Å². The molecule has 0 radical (unpaired) electrons. The van der Waals surface area contributed by atoms with Gasteiger partial charge in [0.1, 0.15) is 0 Å². The van der Waals surface area contributed by atoms with E-state index in [1.807, 2.05) is 24.3 Å². The van der Waals surface area contributed by atoms with Crippen molar-refractivity contribution in [3.63, 3.8) is 0 Å². The normalized spacial score (nSPS) is 9.88. The number of carbonyl (C=O) groups excluding carboxylic acids is 1. The number of aliphatic hydroxyl groups is 1. The molecule has 1 aromatic carbocycles. The van der Waals surface area contributed by atoms with Crippen molar-refractivity contribution in [1.82, 2.24) is 5.32 Å². The second kappa shape index (κ2) is 6.85. The minimum atomic E-state index is -0.235. The van der Waals surface area contributed by atoms with Crippen LogP contribution < -0.4 is 10.6 Å². The van der Waals surface area contributed by atoms with Crippen LogP contribution in [-0.4, -0.2) is 24.3 Å². The van der Waals surface area contributed by atoms with Gasteiger partial charge in [-0.3, -0.25) is 0 Å². The highest BCUT2D eigenvalue weighted by atomic mass is 16.3. The van der Waals surface area contributed by atoms with Crippen molar-refractivity contribution >= 4 is 11.7 Å². The summed E-state index contributed by atoms with van der Waals surface area (Å²) in [6.45, 7) is 2.64. The van der Waals surface area contributed by atoms with Crippen molar-refractivity contribution in [2.24, 2.45) is 0 Å². The van der Waals surface area contributed by atoms with Crippen molar-refractivity contribution < 1.29 is 9.90 Å². The summed E-state index contributed by atoms with van der Waals surface area (Å²) in [5.74, 6) is 0. The van der Waals surface area contributed by atoms with Crippen LogP contribution in [0.15, 0.2) is 24.3 Å². The number of amides is 2. The molecule has 2 amide bonds. The molecular formula is C12H18N2O2. The highest BCUT2D eigenvalue weighted by Gasteiger charge is 2.00. The molecular weight excluding hydrogens is 204 g/mol. The Hall–Kier alpha value is -1.55. The summed E-state index contributed by atoms with van der Waals surface area (Å²) >= 11 is 0. The second-order valence-electron chi connectivity index (χ2n) is 3.51. The topological polar surface area (TPSA) is 61.4 Å². The van der Waals surface area contributed by atoms with Crippen LogP contribution in [0.2, 0.25) is 0 Å². The van der Waals surface area contributed by atoms with E-state index in [9.17, 15) is 4.79 Å². The number of aryl methyl sites for hydroxylation is 1. The average Bonchev–Trinajstić information content (AvgIpc) is 2.29. The molecule has 4 heteroatoms. The lowest BCUT2D eigenvalue weighted by atomic mass is 10.1. The van der Waals surface area contributed by atoms with Crippen molar-refractivity contribution in [3.05, 3.63) is 29.8 Å². The summed E-state index contributed by atoms with van der Waals surface area (Å²) in [4.78, 5) is 11.4. The van der Waals surface area contributed by atoms with E-state index < -0.39 is 0 Å². The second-order valence-corrected chi connectivity index (χ2v) is 3.51. The van der Waals surface area contributed by atoms with Crippen molar-refractivity contribution in [2.45, 2.75) is 19.8 Å². The van der Waals surface area contributed by atoms with Gasteiger partial charge in [-0.15, -0.1) is 0 Å². The maximum atomic E-state index is 11.4. The quantitative estimate of drug-likeness (QED) is 0.665. The molecule has 0 aromatic heterocycles. The summed E-state index contributed by atoms with van der Waals surface area (Å²) < 4.78 is 0. The maximum Gasteiger partial charge on any atom is 0.319 e. The van der Waals surface area contributed by atoms with Crippen LogP contribution in [0.1, 0.15) is 18.9 Å². The first kappa shape index (κ1) is 12.5. The van der Waals surface area contributed by atoms with Crippen molar-refractivity contribution in [3.8, 4) is 0 Å². The first-order valence-electron chi connectivity index (χ1n) is 5.51. The lowest BCUT2D eigenvalue weighted by Gasteiger charge is -2.07. The van der Waals surface area contributed by atoms with Crippen LogP contribution in [0.25, 0.3) is 0 Å². The van der Waals surface area contributed by atoms with Crippen LogP contribution in [0.5, 0.6) is 0 Å². The molecule has 0 unspecified atom stereocenters. The number of hydrogen-bond donors (Lipinski definition) is 3. The summed E-state index contributed by atoms with van der Waals surface area (Å²) in [7, 11) is 0. The third-order valence-electron chi connectivity index (χ3n) is 2.21. The number of aliphatic hydroxyl groups excluding tert-OH is 1. The molecule has 1 rings (SSSR count). The molecule has 0 saturated carbocycles. The zero-order valence-corrected chi connectivity index (χ0v) is 9.49. The van der Waals surface area contributed by atoms with Crippen molar-refractivity contribution in [2.75, 3.05) is 18.5 Å². The molecule has 4 nitrogen and oxygen atoms in total. The molecule has 3 N–H and O–H groups in total. The average molecular weight is 222 g/mol. The lowest BCUT2D eigenvalue weighted by molar-refractivity contribution is 0.249. The number of anilines is 1. The minimum absolute atomic E-state index is 0.0889. The molecule has 88 valence electrons. The van der Waals surface area contributed by atoms with E-state index in [0.29, 0.717) is 13.0 Å². The summed E-state index contributed by atoms with van der Waals surface area (Å²) in [5, 5.41) is 14.0. The molecule has 0 aliphatic rings. The molecule has 0 saturated heterocycles. The Labute approximate surface area is 95.7 Å². The van der Waals surface area contributed by atoms with E-state index in [1.54, 1.807) is 0 Å². The van der Waals surface area contributed by atoms with Gasteiger partial charge in [-0.25, -0.2) is 4.79 Å². The maximum absolute atomic E-state index is 11.4. The summed E-state index contributed by atoms with van der Waals surface area (Å²) in [6, 6.07) is 7.51. The lowest BCUT2D eigenvalue weighted by Crippen LogP contribution is -2.29. The van der Waals surface area contributed by atoms with Gasteiger partial charge in [0.2, 0.25) is 0 Å². The summed E-state index contributed by atoms with van der Waals surface area (Å²) in [5.41, 5.74) is 1.98. The molecule has 1 aromatic rings. The number of carbonyl (C=O) groups is 1. The van der Waals surface area contributed by atoms with E-state index in [2.05, 4.69) is 17.6 Å². The van der Waals surface area contributed by atoms with Crippen LogP contribution in [0.3, 0.4) is 0 Å². The third-order valence-corrected chi connectivity index (χ3v) is 2.21.